The molecule has 2 aromatic carbocycles. The van der Waals surface area contributed by atoms with Crippen molar-refractivity contribution in [3.05, 3.63) is 81.9 Å². The summed E-state index contributed by atoms with van der Waals surface area (Å²) in [6, 6.07) is 19.1. The van der Waals surface area contributed by atoms with Gasteiger partial charge in [-0.15, -0.1) is 0 Å². The van der Waals surface area contributed by atoms with Crippen molar-refractivity contribution in [2.24, 2.45) is 0 Å². The van der Waals surface area contributed by atoms with E-state index < -0.39 is 20.0 Å². The van der Waals surface area contributed by atoms with Crippen LogP contribution in [0.5, 0.6) is 0 Å². The summed E-state index contributed by atoms with van der Waals surface area (Å²) in [7, 11) is 0. The van der Waals surface area contributed by atoms with Crippen molar-refractivity contribution < 1.29 is 20.0 Å². The first-order chi connectivity index (χ1) is 15.1. The van der Waals surface area contributed by atoms with Gasteiger partial charge in [0, 0.05) is 0 Å². The zero-order chi connectivity index (χ0) is 21.6. The number of rotatable bonds is 6. The first kappa shape index (κ1) is 21.6. The van der Waals surface area contributed by atoms with E-state index in [2.05, 4.69) is 76.2 Å². The Morgan fingerprint density at radius 3 is 1.52 bits per heavy atom. The molecule has 1 heteroatoms. The zero-order valence-corrected chi connectivity index (χ0v) is 23.5. The van der Waals surface area contributed by atoms with Crippen molar-refractivity contribution in [2.75, 3.05) is 0 Å². The van der Waals surface area contributed by atoms with Crippen molar-refractivity contribution in [1.82, 2.24) is 0 Å². The number of hydrogen-bond acceptors (Lipinski definition) is 0. The van der Waals surface area contributed by atoms with Crippen molar-refractivity contribution in [1.29, 1.82) is 0 Å². The molecule has 162 valence electrons. The molecule has 1 aliphatic heterocycles. The van der Waals surface area contributed by atoms with E-state index in [-0.39, 0.29) is 0 Å². The van der Waals surface area contributed by atoms with Crippen LogP contribution in [0.25, 0.3) is 11.1 Å². The van der Waals surface area contributed by atoms with E-state index in [9.17, 15) is 0 Å². The van der Waals surface area contributed by atoms with Crippen LogP contribution in [0.2, 0.25) is 8.35 Å². The summed E-state index contributed by atoms with van der Waals surface area (Å²) in [6.45, 7) is 9.89. The fourth-order valence-corrected chi connectivity index (χ4v) is 34.8. The molecule has 0 saturated heterocycles. The maximum absolute atomic E-state index is 2.98. The fourth-order valence-electron chi connectivity index (χ4n) is 7.56. The summed E-state index contributed by atoms with van der Waals surface area (Å²) in [4.78, 5) is 0. The van der Waals surface area contributed by atoms with Crippen LogP contribution in [-0.4, -0.2) is 0 Å². The number of unbranched alkanes of at least 4 members (excludes halogenated alkanes) is 2. The summed E-state index contributed by atoms with van der Waals surface area (Å²) >= 11 is -2.98. The van der Waals surface area contributed by atoms with Gasteiger partial charge in [0.1, 0.15) is 0 Å². The Morgan fingerprint density at radius 1 is 0.677 bits per heavy atom. The SMILES string of the molecule is CCC[CH2][Hf]1([CH2]CCC)[CH]2C(C)=C(CCC3=C(C)[CH]1c1ccccc13)c1ccccc12. The van der Waals surface area contributed by atoms with Gasteiger partial charge < -0.3 is 0 Å². The minimum absolute atomic E-state index is 0.780. The Balaban J connectivity index is 1.81. The number of allylic oxidation sites excluding steroid dienone is 4. The maximum atomic E-state index is 2.54. The number of benzene rings is 2. The summed E-state index contributed by atoms with van der Waals surface area (Å²) in [5.41, 5.74) is 13.7. The summed E-state index contributed by atoms with van der Waals surface area (Å²) in [5.74, 6) is 0. The molecule has 0 nitrogen and oxygen atoms in total. The first-order valence-corrected chi connectivity index (χ1v) is 21.9. The summed E-state index contributed by atoms with van der Waals surface area (Å²) < 4.78 is 4.66. The zero-order valence-electron chi connectivity index (χ0n) is 19.9. The van der Waals surface area contributed by atoms with E-state index in [1.54, 1.807) is 52.9 Å². The topological polar surface area (TPSA) is 0 Å². The molecule has 1 heterocycles. The van der Waals surface area contributed by atoms with Gasteiger partial charge in [-0.1, -0.05) is 0 Å². The minimum atomic E-state index is -2.98. The van der Waals surface area contributed by atoms with Crippen LogP contribution in [0.15, 0.2) is 59.7 Å². The standard InChI is InChI=1S/C22H20.2C4H9.Hf/c1-15-13-17-7-3-5-9-21(17)19(15)11-12-20-16(2)14-18-8-4-6-10-22(18)20;2*1-3-4-2;/h3-10,13-14H,11-12H2,1-2H3;2*1,3-4H2,2H3;. The predicted molar refractivity (Wildman–Crippen MR) is 132 cm³/mol. The molecule has 0 fully saturated rings. The van der Waals surface area contributed by atoms with Crippen LogP contribution in [0.3, 0.4) is 0 Å². The molecule has 0 radical (unpaired) electrons. The Labute approximate surface area is 194 Å². The number of fused-ring (bicyclic) bond motifs is 8. The van der Waals surface area contributed by atoms with E-state index in [0.717, 1.165) is 7.35 Å². The van der Waals surface area contributed by atoms with Gasteiger partial charge in [-0.25, -0.2) is 0 Å². The Hall–Kier alpha value is -1.21. The van der Waals surface area contributed by atoms with Crippen molar-refractivity contribution in [3.8, 4) is 0 Å². The van der Waals surface area contributed by atoms with E-state index >= 15 is 0 Å². The second-order valence-electron chi connectivity index (χ2n) is 10.3. The normalized spacial score (nSPS) is 23.4. The Bertz CT molecular complexity index is 968. The van der Waals surface area contributed by atoms with Crippen LogP contribution >= 0.6 is 0 Å². The third-order valence-corrected chi connectivity index (χ3v) is 31.6. The molecule has 31 heavy (non-hydrogen) atoms. The van der Waals surface area contributed by atoms with Crippen LogP contribution in [-0.2, 0) is 20.0 Å². The van der Waals surface area contributed by atoms with E-state index in [1.165, 1.54) is 38.5 Å². The quantitative estimate of drug-likeness (QED) is 0.300. The van der Waals surface area contributed by atoms with Gasteiger partial charge >= 0.3 is 195 Å². The van der Waals surface area contributed by atoms with Crippen molar-refractivity contribution in [2.45, 2.75) is 81.9 Å². The molecule has 0 saturated carbocycles. The van der Waals surface area contributed by atoms with Gasteiger partial charge in [-0.3, -0.25) is 0 Å². The molecule has 4 bridgehead atoms. The van der Waals surface area contributed by atoms with Gasteiger partial charge in [0.25, 0.3) is 0 Å². The summed E-state index contributed by atoms with van der Waals surface area (Å²) in [5, 5.41) is 0. The molecule has 0 N–H and O–H groups in total. The monoisotopic (exact) mass is 578 g/mol. The van der Waals surface area contributed by atoms with Gasteiger partial charge in [-0.05, 0) is 0 Å². The molecule has 2 unspecified atom stereocenters. The number of hydrogen-bond donors (Lipinski definition) is 0. The molecule has 0 spiro atoms. The second-order valence-corrected chi connectivity index (χ2v) is 26.9. The first-order valence-electron chi connectivity index (χ1n) is 12.7. The van der Waals surface area contributed by atoms with E-state index in [0.29, 0.717) is 0 Å². The second kappa shape index (κ2) is 8.62. The fraction of sp³-hybridized carbons (Fsp3) is 0.467. The van der Waals surface area contributed by atoms with Crippen molar-refractivity contribution in [3.63, 3.8) is 0 Å². The van der Waals surface area contributed by atoms with E-state index in [4.69, 9.17) is 0 Å². The Morgan fingerprint density at radius 2 is 1.10 bits per heavy atom. The molecule has 0 amide bonds. The molecule has 2 aromatic rings. The van der Waals surface area contributed by atoms with Crippen LogP contribution in [0, 0.1) is 0 Å². The van der Waals surface area contributed by atoms with E-state index in [1.807, 2.05) is 0 Å². The average molecular weight is 577 g/mol. The van der Waals surface area contributed by atoms with Crippen LogP contribution in [0.1, 0.15) is 95.8 Å². The predicted octanol–water partition coefficient (Wildman–Crippen LogP) is 9.43. The van der Waals surface area contributed by atoms with Crippen molar-refractivity contribution >= 4 is 11.1 Å². The summed E-state index contributed by atoms with van der Waals surface area (Å²) in [6.07, 6.45) is 7.96. The molecule has 2 atom stereocenters. The van der Waals surface area contributed by atoms with Gasteiger partial charge in [0.05, 0.1) is 0 Å². The van der Waals surface area contributed by atoms with Crippen LogP contribution in [0.4, 0.5) is 0 Å². The Kier molecular flexibility index (Phi) is 6.01. The third kappa shape index (κ3) is 3.25. The van der Waals surface area contributed by atoms with Crippen LogP contribution < -0.4 is 0 Å². The molecule has 0 aromatic heterocycles. The van der Waals surface area contributed by atoms with Gasteiger partial charge in [0.2, 0.25) is 0 Å². The molecule has 3 aliphatic rings. The molecular formula is C30H38Hf. The van der Waals surface area contributed by atoms with Gasteiger partial charge in [-0.2, -0.15) is 0 Å². The molecular weight excluding hydrogens is 539 g/mol. The molecule has 2 aliphatic carbocycles. The third-order valence-electron chi connectivity index (χ3n) is 8.78. The van der Waals surface area contributed by atoms with Gasteiger partial charge in [0.15, 0.2) is 0 Å². The molecule has 5 rings (SSSR count). The average Bonchev–Trinajstić information content (AvgIpc) is 3.24.